The van der Waals surface area contributed by atoms with Crippen LogP contribution in [0.3, 0.4) is 0 Å². The number of aromatic nitrogens is 1. The van der Waals surface area contributed by atoms with Crippen molar-refractivity contribution in [3.63, 3.8) is 0 Å². The van der Waals surface area contributed by atoms with Crippen LogP contribution in [-0.4, -0.2) is 4.98 Å². The van der Waals surface area contributed by atoms with Crippen LogP contribution in [0.2, 0.25) is 0 Å². The van der Waals surface area contributed by atoms with Crippen molar-refractivity contribution in [3.05, 3.63) is 40.4 Å². The fraction of sp³-hybridized carbons (Fsp3) is 0.400. The van der Waals surface area contributed by atoms with Crippen molar-refractivity contribution in [2.75, 3.05) is 0 Å². The number of aryl methyl sites for hydroxylation is 1. The van der Waals surface area contributed by atoms with Gasteiger partial charge in [0.2, 0.25) is 0 Å². The Morgan fingerprint density at radius 2 is 2.12 bits per heavy atom. The molecule has 1 nitrogen and oxygen atoms in total. The number of nitrogens with zero attached hydrogens (tertiary/aromatic N) is 1. The van der Waals surface area contributed by atoms with Gasteiger partial charge in [-0.15, -0.1) is 11.3 Å². The molecule has 1 atom stereocenters. The largest absolute Gasteiger partial charge is 0.244 e. The Balaban J connectivity index is 1.97. The predicted molar refractivity (Wildman–Crippen MR) is 73.5 cm³/mol. The van der Waals surface area contributed by atoms with Crippen LogP contribution in [0, 0.1) is 5.92 Å². The SMILES string of the molecule is CCc1cnc(-c2ccc3c(c2)CC(C)C3)s1. The van der Waals surface area contributed by atoms with E-state index in [-0.39, 0.29) is 0 Å². The highest BCUT2D eigenvalue weighted by molar-refractivity contribution is 7.15. The van der Waals surface area contributed by atoms with Crippen molar-refractivity contribution < 1.29 is 0 Å². The van der Waals surface area contributed by atoms with E-state index in [0.717, 1.165) is 12.3 Å². The van der Waals surface area contributed by atoms with Crippen LogP contribution in [0.4, 0.5) is 0 Å². The van der Waals surface area contributed by atoms with Crippen LogP contribution >= 0.6 is 11.3 Å². The molecule has 0 N–H and O–H groups in total. The highest BCUT2D eigenvalue weighted by atomic mass is 32.1. The van der Waals surface area contributed by atoms with Gasteiger partial charge >= 0.3 is 0 Å². The summed E-state index contributed by atoms with van der Waals surface area (Å²) < 4.78 is 0. The van der Waals surface area contributed by atoms with Gasteiger partial charge in [0.05, 0.1) is 0 Å². The molecule has 0 amide bonds. The Kier molecular flexibility index (Phi) is 2.75. The molecule has 2 heteroatoms. The molecule has 2 aromatic rings. The van der Waals surface area contributed by atoms with E-state index >= 15 is 0 Å². The van der Waals surface area contributed by atoms with Gasteiger partial charge in [-0.2, -0.15) is 0 Å². The highest BCUT2D eigenvalue weighted by Gasteiger charge is 2.18. The number of benzene rings is 1. The molecule has 0 aliphatic heterocycles. The topological polar surface area (TPSA) is 12.9 Å². The zero-order valence-corrected chi connectivity index (χ0v) is 11.2. The molecule has 1 heterocycles. The van der Waals surface area contributed by atoms with E-state index in [4.69, 9.17) is 0 Å². The molecule has 1 aromatic carbocycles. The molecule has 1 unspecified atom stereocenters. The van der Waals surface area contributed by atoms with Gasteiger partial charge in [-0.3, -0.25) is 0 Å². The van der Waals surface area contributed by atoms with E-state index in [1.165, 1.54) is 39.4 Å². The molecule has 1 aromatic heterocycles. The average molecular weight is 243 g/mol. The minimum atomic E-state index is 0.808. The molecule has 0 radical (unpaired) electrons. The van der Waals surface area contributed by atoms with Crippen molar-refractivity contribution in [1.29, 1.82) is 0 Å². The third kappa shape index (κ3) is 2.02. The highest BCUT2D eigenvalue weighted by Crippen LogP contribution is 2.32. The number of thiazole rings is 1. The second kappa shape index (κ2) is 4.26. The molecule has 0 saturated heterocycles. The van der Waals surface area contributed by atoms with E-state index in [2.05, 4.69) is 37.0 Å². The van der Waals surface area contributed by atoms with Gasteiger partial charge in [-0.05, 0) is 42.4 Å². The van der Waals surface area contributed by atoms with Crippen molar-refractivity contribution in [2.45, 2.75) is 33.1 Å². The van der Waals surface area contributed by atoms with Crippen molar-refractivity contribution in [2.24, 2.45) is 5.92 Å². The average Bonchev–Trinajstić information content (AvgIpc) is 2.92. The van der Waals surface area contributed by atoms with Crippen molar-refractivity contribution in [1.82, 2.24) is 4.98 Å². The summed E-state index contributed by atoms with van der Waals surface area (Å²) in [6, 6.07) is 6.87. The Morgan fingerprint density at radius 1 is 1.29 bits per heavy atom. The summed E-state index contributed by atoms with van der Waals surface area (Å²) in [5, 5.41) is 1.17. The van der Waals surface area contributed by atoms with Gasteiger partial charge in [-0.1, -0.05) is 26.0 Å². The van der Waals surface area contributed by atoms with Gasteiger partial charge in [0.1, 0.15) is 5.01 Å². The van der Waals surface area contributed by atoms with E-state index < -0.39 is 0 Å². The van der Waals surface area contributed by atoms with Crippen molar-refractivity contribution >= 4 is 11.3 Å². The molecule has 0 spiro atoms. The van der Waals surface area contributed by atoms with Crippen LogP contribution < -0.4 is 0 Å². The third-order valence-electron chi connectivity index (χ3n) is 3.49. The van der Waals surface area contributed by atoms with Crippen molar-refractivity contribution in [3.8, 4) is 10.6 Å². The van der Waals surface area contributed by atoms with Gasteiger partial charge in [0, 0.05) is 16.6 Å². The molecule has 1 aliphatic rings. The summed E-state index contributed by atoms with van der Waals surface area (Å²) in [6.07, 6.45) is 5.57. The van der Waals surface area contributed by atoms with Crippen LogP contribution in [-0.2, 0) is 19.3 Å². The summed E-state index contributed by atoms with van der Waals surface area (Å²) in [5.41, 5.74) is 4.36. The zero-order valence-electron chi connectivity index (χ0n) is 10.4. The smallest absolute Gasteiger partial charge is 0.123 e. The fourth-order valence-electron chi connectivity index (χ4n) is 2.58. The Bertz CT molecular complexity index is 542. The molecule has 17 heavy (non-hydrogen) atoms. The molecule has 1 aliphatic carbocycles. The Morgan fingerprint density at radius 3 is 2.88 bits per heavy atom. The Hall–Kier alpha value is -1.15. The van der Waals surface area contributed by atoms with Crippen LogP contribution in [0.25, 0.3) is 10.6 Å². The monoisotopic (exact) mass is 243 g/mol. The van der Waals surface area contributed by atoms with E-state index in [9.17, 15) is 0 Å². The number of hydrogen-bond acceptors (Lipinski definition) is 2. The fourth-order valence-corrected chi connectivity index (χ4v) is 3.42. The standard InChI is InChI=1S/C15H17NS/c1-3-14-9-16-15(17-14)12-5-4-11-6-10(2)7-13(11)8-12/h4-5,8-10H,3,6-7H2,1-2H3. The molecule has 88 valence electrons. The summed E-state index contributed by atoms with van der Waals surface area (Å²) in [7, 11) is 0. The summed E-state index contributed by atoms with van der Waals surface area (Å²) in [5.74, 6) is 0.808. The second-order valence-corrected chi connectivity index (χ2v) is 6.10. The quantitative estimate of drug-likeness (QED) is 0.773. The molecule has 0 saturated carbocycles. The van der Waals surface area contributed by atoms with Gasteiger partial charge in [-0.25, -0.2) is 4.98 Å². The first-order chi connectivity index (χ1) is 8.26. The minimum Gasteiger partial charge on any atom is -0.244 e. The lowest BCUT2D eigenvalue weighted by Gasteiger charge is -2.01. The summed E-state index contributed by atoms with van der Waals surface area (Å²) in [6.45, 7) is 4.51. The van der Waals surface area contributed by atoms with Gasteiger partial charge < -0.3 is 0 Å². The molecule has 0 bridgehead atoms. The second-order valence-electron chi connectivity index (χ2n) is 4.98. The normalized spacial score (nSPS) is 18.4. The number of hydrogen-bond donors (Lipinski definition) is 0. The van der Waals surface area contributed by atoms with E-state index in [1.807, 2.05) is 17.5 Å². The molecule has 0 fully saturated rings. The third-order valence-corrected chi connectivity index (χ3v) is 4.68. The van der Waals surface area contributed by atoms with E-state index in [1.54, 1.807) is 0 Å². The lowest BCUT2D eigenvalue weighted by Crippen LogP contribution is -1.89. The van der Waals surface area contributed by atoms with Crippen LogP contribution in [0.15, 0.2) is 24.4 Å². The summed E-state index contributed by atoms with van der Waals surface area (Å²) in [4.78, 5) is 5.89. The maximum atomic E-state index is 4.52. The van der Waals surface area contributed by atoms with Gasteiger partial charge in [0.15, 0.2) is 0 Å². The number of fused-ring (bicyclic) bond motifs is 1. The first kappa shape index (κ1) is 11.0. The predicted octanol–water partition coefficient (Wildman–Crippen LogP) is 4.11. The van der Waals surface area contributed by atoms with Crippen LogP contribution in [0.5, 0.6) is 0 Å². The first-order valence-electron chi connectivity index (χ1n) is 6.33. The molecular weight excluding hydrogens is 226 g/mol. The number of rotatable bonds is 2. The lowest BCUT2D eigenvalue weighted by molar-refractivity contribution is 0.628. The lowest BCUT2D eigenvalue weighted by atomic mass is 10.1. The maximum absolute atomic E-state index is 4.52. The maximum Gasteiger partial charge on any atom is 0.123 e. The summed E-state index contributed by atoms with van der Waals surface area (Å²) >= 11 is 1.82. The van der Waals surface area contributed by atoms with E-state index in [0.29, 0.717) is 0 Å². The van der Waals surface area contributed by atoms with Gasteiger partial charge in [0.25, 0.3) is 0 Å². The molecule has 3 rings (SSSR count). The van der Waals surface area contributed by atoms with Crippen LogP contribution in [0.1, 0.15) is 29.9 Å². The Labute approximate surface area is 107 Å². The zero-order chi connectivity index (χ0) is 11.8. The minimum absolute atomic E-state index is 0.808. The molecular formula is C15H17NS. The first-order valence-corrected chi connectivity index (χ1v) is 7.14.